The topological polar surface area (TPSA) is 63.6 Å². The van der Waals surface area contributed by atoms with Crippen LogP contribution in [0.3, 0.4) is 0 Å². The van der Waals surface area contributed by atoms with Crippen molar-refractivity contribution in [2.24, 2.45) is 4.99 Å². The van der Waals surface area contributed by atoms with Crippen LogP contribution in [0.15, 0.2) is 52.4 Å². The summed E-state index contributed by atoms with van der Waals surface area (Å²) in [5.41, 5.74) is 2.01. The summed E-state index contributed by atoms with van der Waals surface area (Å²) in [4.78, 5) is 22.0. The molecule has 31 heavy (non-hydrogen) atoms. The van der Waals surface area contributed by atoms with Crippen LogP contribution in [0.2, 0.25) is 0 Å². The van der Waals surface area contributed by atoms with Gasteiger partial charge in [-0.05, 0) is 47.7 Å². The Morgan fingerprint density at radius 2 is 1.52 bits per heavy atom. The minimum absolute atomic E-state index is 0.223. The van der Waals surface area contributed by atoms with Crippen molar-refractivity contribution < 1.29 is 19.0 Å². The van der Waals surface area contributed by atoms with E-state index in [1.165, 1.54) is 17.4 Å². The van der Waals surface area contributed by atoms with E-state index in [1.807, 2.05) is 24.3 Å². The Bertz CT molecular complexity index is 990. The minimum Gasteiger partial charge on any atom is -0.493 e. The number of para-hydroxylation sites is 1. The maximum Gasteiger partial charge on any atom is 0.286 e. The van der Waals surface area contributed by atoms with Crippen LogP contribution in [0.1, 0.15) is 5.56 Å². The Morgan fingerprint density at radius 3 is 2.10 bits per heavy atom. The van der Waals surface area contributed by atoms with E-state index in [0.717, 1.165) is 36.9 Å². The van der Waals surface area contributed by atoms with Crippen LogP contribution in [0, 0.1) is 0 Å². The molecular formula is C23H25N3O4S. The van der Waals surface area contributed by atoms with Gasteiger partial charge in [-0.25, -0.2) is 0 Å². The van der Waals surface area contributed by atoms with E-state index < -0.39 is 0 Å². The maximum atomic E-state index is 12.5. The van der Waals surface area contributed by atoms with Crippen molar-refractivity contribution in [1.82, 2.24) is 4.90 Å². The normalized spacial score (nSPS) is 17.7. The molecule has 2 aliphatic heterocycles. The van der Waals surface area contributed by atoms with E-state index in [0.29, 0.717) is 22.2 Å². The monoisotopic (exact) mass is 439 g/mol. The number of methoxy groups -OCH3 is 3. The first-order chi connectivity index (χ1) is 15.1. The lowest BCUT2D eigenvalue weighted by Gasteiger charge is -2.36. The number of thioether (sulfide) groups is 1. The second-order valence-corrected chi connectivity index (χ2v) is 8.09. The number of amides is 1. The number of hydrogen-bond donors (Lipinski definition) is 0. The van der Waals surface area contributed by atoms with Crippen LogP contribution < -0.4 is 19.1 Å². The number of ether oxygens (including phenoxy) is 3. The quantitative estimate of drug-likeness (QED) is 0.661. The molecular weight excluding hydrogens is 414 g/mol. The SMILES string of the molecule is COc1cc(/C=C2\SC(N3CCN(c4ccccc4)CC3)=NC2=O)cc(OC)c1OC. The van der Waals surface area contributed by atoms with Crippen molar-refractivity contribution in [2.75, 3.05) is 52.4 Å². The van der Waals surface area contributed by atoms with Gasteiger partial charge in [0.1, 0.15) is 0 Å². The van der Waals surface area contributed by atoms with Crippen molar-refractivity contribution in [3.63, 3.8) is 0 Å². The second-order valence-electron chi connectivity index (χ2n) is 7.08. The number of nitrogens with zero attached hydrogens (tertiary/aromatic N) is 3. The average Bonchev–Trinajstić information content (AvgIpc) is 3.19. The number of benzene rings is 2. The van der Waals surface area contributed by atoms with E-state index >= 15 is 0 Å². The molecule has 2 aliphatic rings. The van der Waals surface area contributed by atoms with Crippen molar-refractivity contribution in [1.29, 1.82) is 0 Å². The van der Waals surface area contributed by atoms with Crippen LogP contribution in [0.25, 0.3) is 6.08 Å². The van der Waals surface area contributed by atoms with Gasteiger partial charge in [-0.15, -0.1) is 0 Å². The van der Waals surface area contributed by atoms with Gasteiger partial charge in [-0.3, -0.25) is 4.79 Å². The molecule has 0 radical (unpaired) electrons. The maximum absolute atomic E-state index is 12.5. The second kappa shape index (κ2) is 9.34. The summed E-state index contributed by atoms with van der Waals surface area (Å²) in [6, 6.07) is 14.0. The third-order valence-corrected chi connectivity index (χ3v) is 6.31. The van der Waals surface area contributed by atoms with E-state index in [4.69, 9.17) is 14.2 Å². The highest BCUT2D eigenvalue weighted by atomic mass is 32.2. The van der Waals surface area contributed by atoms with E-state index in [9.17, 15) is 4.79 Å². The van der Waals surface area contributed by atoms with Gasteiger partial charge in [0.15, 0.2) is 16.7 Å². The molecule has 2 heterocycles. The van der Waals surface area contributed by atoms with Crippen LogP contribution in [-0.2, 0) is 4.79 Å². The lowest BCUT2D eigenvalue weighted by molar-refractivity contribution is -0.113. The fourth-order valence-electron chi connectivity index (χ4n) is 3.66. The van der Waals surface area contributed by atoms with Crippen LogP contribution in [0.5, 0.6) is 17.2 Å². The van der Waals surface area contributed by atoms with Crippen LogP contribution in [0.4, 0.5) is 5.69 Å². The third kappa shape index (κ3) is 4.49. The average molecular weight is 440 g/mol. The lowest BCUT2D eigenvalue weighted by Crippen LogP contribution is -2.47. The van der Waals surface area contributed by atoms with Gasteiger partial charge < -0.3 is 24.0 Å². The van der Waals surface area contributed by atoms with Crippen molar-refractivity contribution in [2.45, 2.75) is 0 Å². The number of anilines is 1. The van der Waals surface area contributed by atoms with Gasteiger partial charge in [0.05, 0.1) is 26.2 Å². The van der Waals surface area contributed by atoms with Gasteiger partial charge in [-0.1, -0.05) is 18.2 Å². The summed E-state index contributed by atoms with van der Waals surface area (Å²) in [7, 11) is 4.70. The number of rotatable bonds is 5. The number of hydrogen-bond acceptors (Lipinski definition) is 7. The molecule has 1 amide bonds. The number of carbonyl (C=O) groups is 1. The summed E-state index contributed by atoms with van der Waals surface area (Å²) in [5.74, 6) is 1.38. The van der Waals surface area contributed by atoms with Crippen molar-refractivity contribution >= 4 is 34.6 Å². The molecule has 0 bridgehead atoms. The standard InChI is InChI=1S/C23H25N3O4S/c1-28-18-13-16(14-19(29-2)21(18)30-3)15-20-22(27)24-23(31-20)26-11-9-25(10-12-26)17-7-5-4-6-8-17/h4-8,13-15H,9-12H2,1-3H3/b20-15-. The smallest absolute Gasteiger partial charge is 0.286 e. The molecule has 0 spiro atoms. The third-order valence-electron chi connectivity index (χ3n) is 5.27. The zero-order valence-electron chi connectivity index (χ0n) is 17.8. The molecule has 1 fully saturated rings. The fourth-order valence-corrected chi connectivity index (χ4v) is 4.63. The minimum atomic E-state index is -0.223. The first-order valence-corrected chi connectivity index (χ1v) is 10.8. The van der Waals surface area contributed by atoms with Crippen LogP contribution >= 0.6 is 11.8 Å². The van der Waals surface area contributed by atoms with E-state index in [2.05, 4.69) is 39.1 Å². The Morgan fingerprint density at radius 1 is 0.903 bits per heavy atom. The van der Waals surface area contributed by atoms with Gasteiger partial charge in [0.25, 0.3) is 5.91 Å². The van der Waals surface area contributed by atoms with Crippen molar-refractivity contribution in [3.8, 4) is 17.2 Å². The molecule has 2 aromatic carbocycles. The zero-order valence-corrected chi connectivity index (χ0v) is 18.6. The fraction of sp³-hybridized carbons (Fsp3) is 0.304. The number of carbonyl (C=O) groups excluding carboxylic acids is 1. The molecule has 2 aromatic rings. The van der Waals surface area contributed by atoms with Crippen LogP contribution in [-0.4, -0.2) is 63.5 Å². The molecule has 0 aromatic heterocycles. The van der Waals surface area contributed by atoms with Crippen molar-refractivity contribution in [3.05, 3.63) is 52.9 Å². The van der Waals surface area contributed by atoms with E-state index in [-0.39, 0.29) is 5.91 Å². The number of aliphatic imine (C=N–C) groups is 1. The summed E-state index contributed by atoms with van der Waals surface area (Å²) >= 11 is 1.41. The Kier molecular flexibility index (Phi) is 6.36. The molecule has 0 N–H and O–H groups in total. The number of amidine groups is 1. The summed E-state index contributed by atoms with van der Waals surface area (Å²) in [6.45, 7) is 3.43. The van der Waals surface area contributed by atoms with Gasteiger partial charge >= 0.3 is 0 Å². The zero-order chi connectivity index (χ0) is 21.8. The number of piperazine rings is 1. The van der Waals surface area contributed by atoms with Gasteiger partial charge in [-0.2, -0.15) is 4.99 Å². The Balaban J connectivity index is 1.46. The predicted octanol–water partition coefficient (Wildman–Crippen LogP) is 3.50. The Hall–Kier alpha value is -3.13. The Labute approximate surface area is 186 Å². The molecule has 8 heteroatoms. The van der Waals surface area contributed by atoms with Gasteiger partial charge in [0, 0.05) is 31.9 Å². The molecule has 4 rings (SSSR count). The molecule has 7 nitrogen and oxygen atoms in total. The molecule has 0 unspecified atom stereocenters. The van der Waals surface area contributed by atoms with E-state index in [1.54, 1.807) is 21.3 Å². The first-order valence-electron chi connectivity index (χ1n) is 10.0. The first kappa shape index (κ1) is 21.1. The molecule has 0 aliphatic carbocycles. The predicted molar refractivity (Wildman–Crippen MR) is 124 cm³/mol. The highest BCUT2D eigenvalue weighted by Gasteiger charge is 2.28. The summed E-state index contributed by atoms with van der Waals surface area (Å²) in [6.07, 6.45) is 1.81. The molecule has 0 saturated carbocycles. The largest absolute Gasteiger partial charge is 0.493 e. The summed E-state index contributed by atoms with van der Waals surface area (Å²) in [5, 5.41) is 0.761. The molecule has 0 atom stereocenters. The molecule has 162 valence electrons. The highest BCUT2D eigenvalue weighted by Crippen LogP contribution is 2.40. The van der Waals surface area contributed by atoms with Gasteiger partial charge in [0.2, 0.25) is 5.75 Å². The lowest BCUT2D eigenvalue weighted by atomic mass is 10.1. The summed E-state index contributed by atoms with van der Waals surface area (Å²) < 4.78 is 16.2. The molecule has 1 saturated heterocycles. The highest BCUT2D eigenvalue weighted by molar-refractivity contribution is 8.18.